The molecule has 11 heteroatoms. The van der Waals surface area contributed by atoms with Crippen molar-refractivity contribution in [3.05, 3.63) is 58.7 Å². The third-order valence-electron chi connectivity index (χ3n) is 4.65. The van der Waals surface area contributed by atoms with Gasteiger partial charge in [0.15, 0.2) is 5.75 Å². The molecule has 2 aliphatic heterocycles. The van der Waals surface area contributed by atoms with Crippen LogP contribution in [0.5, 0.6) is 5.75 Å². The van der Waals surface area contributed by atoms with E-state index in [1.807, 2.05) is 0 Å². The highest BCUT2D eigenvalue weighted by molar-refractivity contribution is 7.25. The average Bonchev–Trinajstić information content (AvgIpc) is 3.33. The molecule has 2 amide bonds. The Balaban J connectivity index is 2.21. The number of hydrogen-bond acceptors (Lipinski definition) is 9. The van der Waals surface area contributed by atoms with Crippen LogP contribution in [0, 0.1) is 20.4 Å². The molecule has 2 heterocycles. The van der Waals surface area contributed by atoms with E-state index in [1.165, 1.54) is 0 Å². The Morgan fingerprint density at radius 3 is 2.44 bits per heavy atom. The first-order valence-electron chi connectivity index (χ1n) is 9.15. The maximum atomic E-state index is 13.4. The number of ether oxygens (including phenoxy) is 1. The molecule has 32 heavy (non-hydrogen) atoms. The Labute approximate surface area is 187 Å². The highest BCUT2D eigenvalue weighted by Crippen LogP contribution is 2.37. The van der Waals surface area contributed by atoms with Crippen molar-refractivity contribution in [3.8, 4) is 11.8 Å². The Kier molecular flexibility index (Phi) is 5.25. The van der Waals surface area contributed by atoms with Gasteiger partial charge in [0.05, 0.1) is 20.9 Å². The molecule has 160 valence electrons. The van der Waals surface area contributed by atoms with Crippen LogP contribution in [-0.4, -0.2) is 29.5 Å². The van der Waals surface area contributed by atoms with Gasteiger partial charge in [-0.2, -0.15) is 5.26 Å². The van der Waals surface area contributed by atoms with Gasteiger partial charge in [-0.25, -0.2) is 4.79 Å². The summed E-state index contributed by atoms with van der Waals surface area (Å²) in [5.41, 5.74) is 3.87. The third-order valence-corrected chi connectivity index (χ3v) is 7.26. The van der Waals surface area contributed by atoms with Crippen molar-refractivity contribution in [2.45, 2.75) is 6.92 Å². The first kappa shape index (κ1) is 21.2. The van der Waals surface area contributed by atoms with E-state index in [-0.39, 0.29) is 36.0 Å². The Hall–Kier alpha value is -4.01. The van der Waals surface area contributed by atoms with Gasteiger partial charge in [0.2, 0.25) is 5.43 Å². The van der Waals surface area contributed by atoms with Gasteiger partial charge in [-0.15, -0.1) is 22.7 Å². The molecule has 0 radical (unpaired) electrons. The van der Waals surface area contributed by atoms with E-state index in [1.54, 1.807) is 43.3 Å². The van der Waals surface area contributed by atoms with Crippen molar-refractivity contribution < 1.29 is 24.2 Å². The number of carbonyl (C=O) groups is 3. The van der Waals surface area contributed by atoms with Gasteiger partial charge in [-0.3, -0.25) is 19.3 Å². The first-order valence-corrected chi connectivity index (χ1v) is 10.8. The zero-order valence-electron chi connectivity index (χ0n) is 16.4. The van der Waals surface area contributed by atoms with Crippen molar-refractivity contribution in [2.24, 2.45) is 5.73 Å². The van der Waals surface area contributed by atoms with Crippen molar-refractivity contribution in [3.63, 3.8) is 0 Å². The van der Waals surface area contributed by atoms with Gasteiger partial charge in [0.1, 0.15) is 26.7 Å². The molecule has 1 aliphatic carbocycles. The van der Waals surface area contributed by atoms with Crippen LogP contribution in [0.2, 0.25) is 0 Å². The maximum absolute atomic E-state index is 13.4. The molecular formula is C21H13N3O6S2. The summed E-state index contributed by atoms with van der Waals surface area (Å²) in [6.45, 7) is 1.53. The number of aromatic hydroxyl groups is 1. The topological polar surface area (TPSA) is 151 Å². The summed E-state index contributed by atoms with van der Waals surface area (Å²) >= 11 is 1.61. The molecule has 3 aliphatic rings. The van der Waals surface area contributed by atoms with Crippen molar-refractivity contribution in [1.29, 1.82) is 5.26 Å². The fraction of sp³-hybridized carbons (Fsp3) is 0.0952. The standard InChI is InChI=1S/C21H13N3O6S2/c1-2-30-20(29)12-11-13(24(19(12)28)9-6-4-3-5-7-9)15(26)17-16(14(11)25)31-21(32-17)10(8-22)18(23)27/h3-7,26H,2H2,1H3,(H2,23,27)/b21-10-. The third kappa shape index (κ3) is 3.05. The van der Waals surface area contributed by atoms with Crippen LogP contribution in [-0.2, 0) is 19.1 Å². The number of nitriles is 1. The number of para-hydroxylation sites is 1. The molecule has 0 bridgehead atoms. The summed E-state index contributed by atoms with van der Waals surface area (Å²) in [5.74, 6) is -3.20. The van der Waals surface area contributed by atoms with Crippen LogP contribution >= 0.6 is 22.7 Å². The van der Waals surface area contributed by atoms with E-state index < -0.39 is 34.5 Å². The lowest BCUT2D eigenvalue weighted by Gasteiger charge is -2.19. The minimum absolute atomic E-state index is 0.0141. The van der Waals surface area contributed by atoms with Crippen LogP contribution in [0.4, 0.5) is 11.4 Å². The summed E-state index contributed by atoms with van der Waals surface area (Å²) in [6, 6.07) is 9.90. The van der Waals surface area contributed by atoms with Crippen LogP contribution in [0.1, 0.15) is 6.92 Å². The number of esters is 1. The number of amides is 2. The maximum Gasteiger partial charge on any atom is 0.344 e. The molecule has 0 saturated carbocycles. The molecule has 0 aromatic heterocycles. The highest BCUT2D eigenvalue weighted by atomic mass is 32.2. The van der Waals surface area contributed by atoms with Gasteiger partial charge >= 0.3 is 5.97 Å². The van der Waals surface area contributed by atoms with E-state index in [2.05, 4.69) is 0 Å². The number of primary amides is 1. The SMILES string of the molecule is CCOC(=O)C1=c2c(c(O)c3s/c(=C(/C#N)C(N)=O)sc=3c2=O)N(c2ccccc2)C1=O. The second kappa shape index (κ2) is 7.92. The zero-order chi connectivity index (χ0) is 23.2. The Morgan fingerprint density at radius 2 is 1.84 bits per heavy atom. The fourth-order valence-electron chi connectivity index (χ4n) is 3.34. The molecule has 1 aromatic rings. The lowest BCUT2D eigenvalue weighted by molar-refractivity contribution is -0.137. The number of nitrogens with two attached hydrogens (primary N) is 1. The summed E-state index contributed by atoms with van der Waals surface area (Å²) < 4.78 is 5.17. The van der Waals surface area contributed by atoms with Crippen LogP contribution < -0.4 is 25.1 Å². The number of benzene rings is 1. The van der Waals surface area contributed by atoms with Gasteiger partial charge in [-0.1, -0.05) is 18.2 Å². The summed E-state index contributed by atoms with van der Waals surface area (Å²) in [4.78, 5) is 51.9. The normalized spacial score (nSPS) is 13.7. The first-order chi connectivity index (χ1) is 15.3. The number of nitrogens with zero attached hydrogens (tertiary/aromatic N) is 2. The summed E-state index contributed by atoms with van der Waals surface area (Å²) in [7, 11) is 0. The molecule has 1 aromatic carbocycles. The minimum Gasteiger partial charge on any atom is -0.504 e. The Bertz CT molecular complexity index is 1600. The monoisotopic (exact) mass is 467 g/mol. The molecule has 9 nitrogen and oxygen atoms in total. The average molecular weight is 467 g/mol. The fourth-order valence-corrected chi connectivity index (χ4v) is 5.89. The van der Waals surface area contributed by atoms with E-state index in [0.29, 0.717) is 5.69 Å². The van der Waals surface area contributed by atoms with Crippen LogP contribution in [0.3, 0.4) is 0 Å². The van der Waals surface area contributed by atoms with Crippen molar-refractivity contribution in [2.75, 3.05) is 11.5 Å². The molecule has 0 spiro atoms. The molecular weight excluding hydrogens is 454 g/mol. The predicted octanol–water partition coefficient (Wildman–Crippen LogP) is 0.152. The Morgan fingerprint density at radius 1 is 1.19 bits per heavy atom. The van der Waals surface area contributed by atoms with Gasteiger partial charge in [-0.05, 0) is 19.1 Å². The lowest BCUT2D eigenvalue weighted by Crippen LogP contribution is -2.29. The number of carbonyl (C=O) groups excluding carboxylic acids is 3. The van der Waals surface area contributed by atoms with Crippen molar-refractivity contribution >= 4 is 63.0 Å². The van der Waals surface area contributed by atoms with Crippen LogP contribution in [0.25, 0.3) is 11.1 Å². The highest BCUT2D eigenvalue weighted by Gasteiger charge is 2.39. The molecule has 4 rings (SSSR count). The largest absolute Gasteiger partial charge is 0.504 e. The quantitative estimate of drug-likeness (QED) is 0.519. The second-order valence-corrected chi connectivity index (χ2v) is 8.77. The molecule has 0 unspecified atom stereocenters. The predicted molar refractivity (Wildman–Crippen MR) is 117 cm³/mol. The van der Waals surface area contributed by atoms with Crippen LogP contribution in [0.15, 0.2) is 35.1 Å². The smallest absolute Gasteiger partial charge is 0.344 e. The van der Waals surface area contributed by atoms with Gasteiger partial charge in [0.25, 0.3) is 11.8 Å². The summed E-state index contributed by atoms with van der Waals surface area (Å²) in [6.07, 6.45) is 0. The molecule has 3 N–H and O–H groups in total. The zero-order valence-corrected chi connectivity index (χ0v) is 18.0. The van der Waals surface area contributed by atoms with E-state index >= 15 is 0 Å². The molecule has 0 atom stereocenters. The van der Waals surface area contributed by atoms with Crippen molar-refractivity contribution in [1.82, 2.24) is 0 Å². The summed E-state index contributed by atoms with van der Waals surface area (Å²) in [5, 5.41) is 20.0. The number of fused-ring (bicyclic) bond motifs is 1. The molecule has 0 fully saturated rings. The number of anilines is 2. The van der Waals surface area contributed by atoms with Gasteiger partial charge in [0, 0.05) is 5.69 Å². The minimum atomic E-state index is -0.991. The number of hydrogen-bond donors (Lipinski definition) is 2. The van der Waals surface area contributed by atoms with E-state index in [4.69, 9.17) is 10.5 Å². The van der Waals surface area contributed by atoms with E-state index in [0.717, 1.165) is 27.6 Å². The number of rotatable bonds is 4. The second-order valence-electron chi connectivity index (χ2n) is 6.47. The van der Waals surface area contributed by atoms with E-state index in [9.17, 15) is 29.5 Å². The molecule has 0 saturated heterocycles. The van der Waals surface area contributed by atoms with Gasteiger partial charge < -0.3 is 15.6 Å². The lowest BCUT2D eigenvalue weighted by atomic mass is 10.2.